The first-order chi connectivity index (χ1) is 16.8. The lowest BCUT2D eigenvalue weighted by atomic mass is 9.98. The van der Waals surface area contributed by atoms with Crippen LogP contribution in [0.25, 0.3) is 0 Å². The molecule has 9 nitrogen and oxygen atoms in total. The van der Waals surface area contributed by atoms with Crippen molar-refractivity contribution in [3.63, 3.8) is 0 Å². The van der Waals surface area contributed by atoms with Gasteiger partial charge in [-0.2, -0.15) is 4.31 Å². The second-order valence-corrected chi connectivity index (χ2v) is 11.4. The fourth-order valence-corrected chi connectivity index (χ4v) is 5.12. The van der Waals surface area contributed by atoms with Gasteiger partial charge in [-0.15, -0.1) is 0 Å². The Balaban J connectivity index is 1.52. The van der Waals surface area contributed by atoms with E-state index in [4.69, 9.17) is 4.74 Å². The van der Waals surface area contributed by atoms with E-state index in [1.165, 1.54) is 34.6 Å². The molecule has 0 atom stereocenters. The summed E-state index contributed by atoms with van der Waals surface area (Å²) in [5.41, 5.74) is -0.928. The maximum atomic E-state index is 13.7. The Morgan fingerprint density at radius 2 is 1.58 bits per heavy atom. The molecule has 36 heavy (non-hydrogen) atoms. The Kier molecular flexibility index (Phi) is 8.51. The van der Waals surface area contributed by atoms with Crippen LogP contribution in [-0.4, -0.2) is 50.1 Å². The standard InChI is InChI=1S/C24H30F2N4O5S/c1-24(2,3)35-23(32)27-15-16-11-13-30(14-12-16)36(33,34)18-9-7-17(8-10-18)28-22(31)29-21-19(25)5-4-6-20(21)26/h4-10,16H,11-15H2,1-3H3,(H,27,32)(H2,28,29,31). The quantitative estimate of drug-likeness (QED) is 0.513. The van der Waals surface area contributed by atoms with Crippen LogP contribution in [0.1, 0.15) is 33.6 Å². The normalized spacial score (nSPS) is 15.2. The Bertz CT molecular complexity index is 1170. The van der Waals surface area contributed by atoms with E-state index in [0.717, 1.165) is 12.1 Å². The van der Waals surface area contributed by atoms with Gasteiger partial charge in [-0.05, 0) is 75.9 Å². The molecular weight excluding hydrogens is 494 g/mol. The first-order valence-electron chi connectivity index (χ1n) is 11.4. The fraction of sp³-hybridized carbons (Fsp3) is 0.417. The molecule has 1 aliphatic heterocycles. The number of benzene rings is 2. The molecule has 0 radical (unpaired) electrons. The number of nitrogens with zero attached hydrogens (tertiary/aromatic N) is 1. The van der Waals surface area contributed by atoms with E-state index in [9.17, 15) is 26.8 Å². The first kappa shape index (κ1) is 27.3. The maximum absolute atomic E-state index is 13.7. The third-order valence-electron chi connectivity index (χ3n) is 5.46. The van der Waals surface area contributed by atoms with Gasteiger partial charge in [-0.3, -0.25) is 0 Å². The number of hydrogen-bond acceptors (Lipinski definition) is 5. The van der Waals surface area contributed by atoms with Crippen LogP contribution >= 0.6 is 0 Å². The molecule has 3 rings (SSSR count). The number of alkyl carbamates (subject to hydrolysis) is 1. The van der Waals surface area contributed by atoms with Crippen molar-refractivity contribution < 1.29 is 31.5 Å². The first-order valence-corrected chi connectivity index (χ1v) is 12.9. The summed E-state index contributed by atoms with van der Waals surface area (Å²) >= 11 is 0. The van der Waals surface area contributed by atoms with Gasteiger partial charge in [0.15, 0.2) is 0 Å². The lowest BCUT2D eigenvalue weighted by molar-refractivity contribution is 0.0513. The zero-order chi connectivity index (χ0) is 26.5. The van der Waals surface area contributed by atoms with Gasteiger partial charge < -0.3 is 20.7 Å². The average molecular weight is 525 g/mol. The molecule has 12 heteroatoms. The van der Waals surface area contributed by atoms with Crippen LogP contribution in [0, 0.1) is 17.6 Å². The van der Waals surface area contributed by atoms with Gasteiger partial charge in [0.2, 0.25) is 10.0 Å². The Morgan fingerprint density at radius 1 is 1.00 bits per heavy atom. The van der Waals surface area contributed by atoms with Gasteiger partial charge in [0.1, 0.15) is 22.9 Å². The van der Waals surface area contributed by atoms with Crippen LogP contribution in [-0.2, 0) is 14.8 Å². The predicted molar refractivity (Wildman–Crippen MR) is 131 cm³/mol. The number of urea groups is 1. The van der Waals surface area contributed by atoms with Crippen LogP contribution in [0.15, 0.2) is 47.4 Å². The SMILES string of the molecule is CC(C)(C)OC(=O)NCC1CCN(S(=O)(=O)c2ccc(NC(=O)Nc3c(F)cccc3F)cc2)CC1. The molecule has 1 heterocycles. The molecule has 3 amide bonds. The van der Waals surface area contributed by atoms with Crippen molar-refractivity contribution in [2.75, 3.05) is 30.3 Å². The smallest absolute Gasteiger partial charge is 0.407 e. The van der Waals surface area contributed by atoms with Gasteiger partial charge in [0, 0.05) is 25.3 Å². The van der Waals surface area contributed by atoms with Crippen molar-refractivity contribution in [1.29, 1.82) is 0 Å². The topological polar surface area (TPSA) is 117 Å². The Morgan fingerprint density at radius 3 is 2.14 bits per heavy atom. The molecule has 0 aliphatic carbocycles. The van der Waals surface area contributed by atoms with Crippen LogP contribution in [0.3, 0.4) is 0 Å². The number of ether oxygens (including phenoxy) is 1. The van der Waals surface area contributed by atoms with Crippen molar-refractivity contribution in [2.45, 2.75) is 44.1 Å². The molecule has 0 saturated carbocycles. The van der Waals surface area contributed by atoms with Crippen LogP contribution in [0.2, 0.25) is 0 Å². The number of sulfonamides is 1. The molecule has 1 saturated heterocycles. The fourth-order valence-electron chi connectivity index (χ4n) is 3.65. The lowest BCUT2D eigenvalue weighted by Gasteiger charge is -2.31. The molecule has 196 valence electrons. The highest BCUT2D eigenvalue weighted by atomic mass is 32.2. The van der Waals surface area contributed by atoms with Crippen molar-refractivity contribution in [3.8, 4) is 0 Å². The summed E-state index contributed by atoms with van der Waals surface area (Å²) in [6, 6.07) is 7.81. The Hall–Kier alpha value is -3.25. The highest BCUT2D eigenvalue weighted by molar-refractivity contribution is 7.89. The van der Waals surface area contributed by atoms with E-state index >= 15 is 0 Å². The number of anilines is 2. The molecule has 1 fully saturated rings. The number of rotatable bonds is 6. The van der Waals surface area contributed by atoms with Gasteiger partial charge in [0.05, 0.1) is 4.90 Å². The molecule has 3 N–H and O–H groups in total. The summed E-state index contributed by atoms with van der Waals surface area (Å²) in [6.07, 6.45) is 0.669. The van der Waals surface area contributed by atoms with E-state index < -0.39 is 45.1 Å². The minimum Gasteiger partial charge on any atom is -0.444 e. The summed E-state index contributed by atoms with van der Waals surface area (Å²) < 4.78 is 60.0. The minimum absolute atomic E-state index is 0.0546. The number of piperidine rings is 1. The number of para-hydroxylation sites is 1. The molecule has 0 bridgehead atoms. The van der Waals surface area contributed by atoms with Crippen LogP contribution in [0.5, 0.6) is 0 Å². The largest absolute Gasteiger partial charge is 0.444 e. The highest BCUT2D eigenvalue weighted by Crippen LogP contribution is 2.25. The van der Waals surface area contributed by atoms with Gasteiger partial charge >= 0.3 is 12.1 Å². The summed E-state index contributed by atoms with van der Waals surface area (Å²) in [7, 11) is -3.75. The summed E-state index contributed by atoms with van der Waals surface area (Å²) in [4.78, 5) is 24.0. The third-order valence-corrected chi connectivity index (χ3v) is 7.37. The third kappa shape index (κ3) is 7.37. The van der Waals surface area contributed by atoms with Crippen LogP contribution in [0.4, 0.5) is 29.7 Å². The summed E-state index contributed by atoms with van der Waals surface area (Å²) in [6.45, 7) is 6.35. The second kappa shape index (κ2) is 11.2. The zero-order valence-corrected chi connectivity index (χ0v) is 21.1. The number of hydrogen-bond donors (Lipinski definition) is 3. The van der Waals surface area contributed by atoms with E-state index in [1.807, 2.05) is 0 Å². The zero-order valence-electron chi connectivity index (χ0n) is 20.3. The van der Waals surface area contributed by atoms with E-state index in [-0.39, 0.29) is 16.5 Å². The van der Waals surface area contributed by atoms with E-state index in [1.54, 1.807) is 20.8 Å². The number of carbonyl (C=O) groups is 2. The molecule has 0 aromatic heterocycles. The van der Waals surface area contributed by atoms with Gasteiger partial charge in [-0.1, -0.05) is 6.07 Å². The minimum atomic E-state index is -3.75. The average Bonchev–Trinajstić information content (AvgIpc) is 2.80. The van der Waals surface area contributed by atoms with Gasteiger partial charge in [0.25, 0.3) is 0 Å². The number of amides is 3. The van der Waals surface area contributed by atoms with Crippen molar-refractivity contribution in [1.82, 2.24) is 9.62 Å². The second-order valence-electron chi connectivity index (χ2n) is 9.43. The molecule has 0 spiro atoms. The molecule has 2 aromatic rings. The van der Waals surface area contributed by atoms with E-state index in [2.05, 4.69) is 16.0 Å². The molecule has 0 unspecified atom stereocenters. The van der Waals surface area contributed by atoms with E-state index in [0.29, 0.717) is 32.5 Å². The number of halogens is 2. The number of nitrogens with one attached hydrogen (secondary N) is 3. The highest BCUT2D eigenvalue weighted by Gasteiger charge is 2.30. The van der Waals surface area contributed by atoms with Gasteiger partial charge in [-0.25, -0.2) is 26.8 Å². The molecular formula is C24H30F2N4O5S. The lowest BCUT2D eigenvalue weighted by Crippen LogP contribution is -2.42. The monoisotopic (exact) mass is 524 g/mol. The maximum Gasteiger partial charge on any atom is 0.407 e. The van der Waals surface area contributed by atoms with Crippen LogP contribution < -0.4 is 16.0 Å². The van der Waals surface area contributed by atoms with Crippen molar-refractivity contribution in [3.05, 3.63) is 54.1 Å². The predicted octanol–water partition coefficient (Wildman–Crippen LogP) is 4.53. The number of carbonyl (C=O) groups excluding carboxylic acids is 2. The Labute approximate surface area is 209 Å². The van der Waals surface area contributed by atoms with Crippen molar-refractivity contribution >= 4 is 33.5 Å². The summed E-state index contributed by atoms with van der Waals surface area (Å²) in [5, 5.41) is 7.23. The van der Waals surface area contributed by atoms with Crippen molar-refractivity contribution in [2.24, 2.45) is 5.92 Å². The molecule has 2 aromatic carbocycles. The molecule has 1 aliphatic rings. The summed E-state index contributed by atoms with van der Waals surface area (Å²) in [5.74, 6) is -1.71.